The second kappa shape index (κ2) is 12.6. The largest absolute Gasteiger partial charge is 0.491 e. The van der Waals surface area contributed by atoms with Gasteiger partial charge in [0.15, 0.2) is 0 Å². The van der Waals surface area contributed by atoms with E-state index in [-0.39, 0.29) is 40.9 Å². The summed E-state index contributed by atoms with van der Waals surface area (Å²) >= 11 is 5.96. The first-order chi connectivity index (χ1) is 18.4. The van der Waals surface area contributed by atoms with Gasteiger partial charge in [-0.15, -0.1) is 0 Å². The van der Waals surface area contributed by atoms with Crippen LogP contribution in [0, 0.1) is 11.3 Å². The summed E-state index contributed by atoms with van der Waals surface area (Å²) in [6, 6.07) is 11.9. The van der Waals surface area contributed by atoms with Gasteiger partial charge in [0.2, 0.25) is 5.88 Å². The highest BCUT2D eigenvalue weighted by Crippen LogP contribution is 2.36. The molecule has 0 atom stereocenters. The molecule has 0 fully saturated rings. The number of rotatable bonds is 10. The third kappa shape index (κ3) is 8.18. The van der Waals surface area contributed by atoms with Crippen molar-refractivity contribution < 1.29 is 40.6 Å². The van der Waals surface area contributed by atoms with Crippen molar-refractivity contribution in [3.05, 3.63) is 82.5 Å². The van der Waals surface area contributed by atoms with E-state index in [1.807, 2.05) is 10.8 Å². The Hall–Kier alpha value is -4.12. The summed E-state index contributed by atoms with van der Waals surface area (Å²) in [5.41, 5.74) is -0.772. The third-order valence-electron chi connectivity index (χ3n) is 4.81. The number of carbonyl (C=O) groups excluding carboxylic acids is 1. The molecule has 9 nitrogen and oxygen atoms in total. The Morgan fingerprint density at radius 2 is 1.95 bits per heavy atom. The predicted octanol–water partition coefficient (Wildman–Crippen LogP) is 4.96. The molecule has 2 aromatic carbocycles. The van der Waals surface area contributed by atoms with Crippen molar-refractivity contribution in [1.29, 1.82) is 5.26 Å². The molecule has 1 amide bonds. The maximum atomic E-state index is 13.0. The first kappa shape index (κ1) is 29.4. The lowest BCUT2D eigenvalue weighted by Crippen LogP contribution is -2.29. The Labute approximate surface area is 226 Å². The minimum absolute atomic E-state index is 0.00676. The number of pyridine rings is 1. The van der Waals surface area contributed by atoms with Gasteiger partial charge < -0.3 is 14.2 Å². The maximum Gasteiger partial charge on any atom is 0.417 e. The molecule has 0 aliphatic carbocycles. The normalized spacial score (nSPS) is 11.7. The van der Waals surface area contributed by atoms with Crippen LogP contribution in [0.25, 0.3) is 6.08 Å². The SMILES string of the molecule is COCCOc1ccc(C=CC(=O)NS(=O)(=O)c2cccc(C#N)c2)c(Oc2ncc(C(F)(F)F)cc2Cl)c1. The number of halogens is 4. The molecule has 0 spiro atoms. The van der Waals surface area contributed by atoms with Crippen LogP contribution in [0.4, 0.5) is 13.2 Å². The fourth-order valence-corrected chi connectivity index (χ4v) is 4.15. The molecule has 0 saturated heterocycles. The molecule has 39 heavy (non-hydrogen) atoms. The fraction of sp³-hybridized carbons (Fsp3) is 0.160. The van der Waals surface area contributed by atoms with Crippen LogP contribution in [0.1, 0.15) is 16.7 Å². The smallest absolute Gasteiger partial charge is 0.417 e. The van der Waals surface area contributed by atoms with Gasteiger partial charge in [0.05, 0.1) is 28.7 Å². The van der Waals surface area contributed by atoms with Crippen LogP contribution in [0.5, 0.6) is 17.4 Å². The number of carbonyl (C=O) groups is 1. The van der Waals surface area contributed by atoms with Crippen molar-refractivity contribution in [2.24, 2.45) is 0 Å². The fourth-order valence-electron chi connectivity index (χ4n) is 2.96. The van der Waals surface area contributed by atoms with E-state index in [9.17, 15) is 26.4 Å². The first-order valence-corrected chi connectivity index (χ1v) is 12.7. The average molecular weight is 582 g/mol. The van der Waals surface area contributed by atoms with Crippen LogP contribution in [-0.4, -0.2) is 39.6 Å². The number of benzene rings is 2. The van der Waals surface area contributed by atoms with Crippen molar-refractivity contribution >= 4 is 33.6 Å². The highest BCUT2D eigenvalue weighted by atomic mass is 35.5. The number of amides is 1. The van der Waals surface area contributed by atoms with Gasteiger partial charge in [0.25, 0.3) is 15.9 Å². The van der Waals surface area contributed by atoms with E-state index in [0.29, 0.717) is 18.0 Å². The van der Waals surface area contributed by atoms with Crippen LogP contribution in [0.3, 0.4) is 0 Å². The van der Waals surface area contributed by atoms with Gasteiger partial charge in [-0.2, -0.15) is 18.4 Å². The molecule has 1 heterocycles. The number of methoxy groups -OCH3 is 1. The number of ether oxygens (including phenoxy) is 3. The van der Waals surface area contributed by atoms with E-state index < -0.39 is 32.7 Å². The number of hydrogen-bond donors (Lipinski definition) is 1. The summed E-state index contributed by atoms with van der Waals surface area (Å²) in [4.78, 5) is 15.7. The Morgan fingerprint density at radius 3 is 2.62 bits per heavy atom. The molecule has 3 rings (SSSR count). The quantitative estimate of drug-likeness (QED) is 0.263. The van der Waals surface area contributed by atoms with Crippen molar-refractivity contribution in [1.82, 2.24) is 9.71 Å². The van der Waals surface area contributed by atoms with E-state index >= 15 is 0 Å². The van der Waals surface area contributed by atoms with Crippen LogP contribution < -0.4 is 14.2 Å². The topological polar surface area (TPSA) is 128 Å². The molecular formula is C25H19ClF3N3O6S. The zero-order valence-electron chi connectivity index (χ0n) is 20.0. The molecule has 0 unspecified atom stereocenters. The van der Waals surface area contributed by atoms with Gasteiger partial charge in [-0.25, -0.2) is 18.1 Å². The monoisotopic (exact) mass is 581 g/mol. The lowest BCUT2D eigenvalue weighted by atomic mass is 10.1. The maximum absolute atomic E-state index is 13.0. The predicted molar refractivity (Wildman–Crippen MR) is 134 cm³/mol. The van der Waals surface area contributed by atoms with E-state index in [4.69, 9.17) is 31.1 Å². The zero-order chi connectivity index (χ0) is 28.6. The van der Waals surface area contributed by atoms with Crippen molar-refractivity contribution in [3.8, 4) is 23.4 Å². The minimum atomic E-state index is -4.66. The van der Waals surface area contributed by atoms with Crippen molar-refractivity contribution in [2.75, 3.05) is 20.3 Å². The summed E-state index contributed by atoms with van der Waals surface area (Å²) in [7, 11) is -2.80. The number of sulfonamides is 1. The molecule has 0 radical (unpaired) electrons. The summed E-state index contributed by atoms with van der Waals surface area (Å²) in [6.07, 6.45) is -2.00. The third-order valence-corrected chi connectivity index (χ3v) is 6.42. The van der Waals surface area contributed by atoms with E-state index in [1.165, 1.54) is 49.6 Å². The van der Waals surface area contributed by atoms with Crippen LogP contribution in [0.2, 0.25) is 5.02 Å². The zero-order valence-corrected chi connectivity index (χ0v) is 21.6. The average Bonchev–Trinajstić information content (AvgIpc) is 2.88. The number of aromatic nitrogens is 1. The Balaban J connectivity index is 1.87. The number of nitrogens with zero attached hydrogens (tertiary/aromatic N) is 2. The lowest BCUT2D eigenvalue weighted by Gasteiger charge is -2.13. The molecule has 3 aromatic rings. The second-order valence-electron chi connectivity index (χ2n) is 7.59. The standard InChI is InChI=1S/C25H19ClF3N3O6S/c1-36-9-10-37-19-7-5-17(22(13-19)38-24-21(26)12-18(15-31-24)25(27,28)29)6-8-23(33)32-39(34,35)20-4-2-3-16(11-20)14-30/h2-8,11-13,15H,9-10H2,1H3,(H,32,33). The Kier molecular flexibility index (Phi) is 9.52. The van der Waals surface area contributed by atoms with Crippen molar-refractivity contribution in [3.63, 3.8) is 0 Å². The van der Waals surface area contributed by atoms with Gasteiger partial charge >= 0.3 is 6.18 Å². The summed E-state index contributed by atoms with van der Waals surface area (Å²) in [6.45, 7) is 0.452. The number of nitrogens with one attached hydrogen (secondary N) is 1. The molecule has 0 aliphatic rings. The van der Waals surface area contributed by atoms with E-state index in [2.05, 4.69) is 4.98 Å². The molecule has 0 bridgehead atoms. The van der Waals surface area contributed by atoms with Gasteiger partial charge in [0, 0.05) is 31.0 Å². The highest BCUT2D eigenvalue weighted by Gasteiger charge is 2.32. The van der Waals surface area contributed by atoms with Crippen LogP contribution >= 0.6 is 11.6 Å². The van der Waals surface area contributed by atoms with Crippen LogP contribution in [0.15, 0.2) is 65.7 Å². The van der Waals surface area contributed by atoms with Crippen molar-refractivity contribution in [2.45, 2.75) is 11.1 Å². The molecule has 1 N–H and O–H groups in total. The molecule has 1 aromatic heterocycles. The van der Waals surface area contributed by atoms with E-state index in [1.54, 1.807) is 0 Å². The number of nitriles is 1. The minimum Gasteiger partial charge on any atom is -0.491 e. The molecule has 0 saturated carbocycles. The molecule has 14 heteroatoms. The number of hydrogen-bond acceptors (Lipinski definition) is 8. The highest BCUT2D eigenvalue weighted by molar-refractivity contribution is 7.90. The van der Waals surface area contributed by atoms with Gasteiger partial charge in [-0.1, -0.05) is 17.7 Å². The summed E-state index contributed by atoms with van der Waals surface area (Å²) in [5.74, 6) is -1.08. The Bertz CT molecular complexity index is 1540. The Morgan fingerprint density at radius 1 is 1.18 bits per heavy atom. The molecule has 0 aliphatic heterocycles. The molecular weight excluding hydrogens is 563 g/mol. The number of alkyl halides is 3. The van der Waals surface area contributed by atoms with Crippen LogP contribution in [-0.2, 0) is 25.7 Å². The van der Waals surface area contributed by atoms with Gasteiger partial charge in [-0.3, -0.25) is 4.79 Å². The summed E-state index contributed by atoms with van der Waals surface area (Å²) < 4.78 is 81.8. The summed E-state index contributed by atoms with van der Waals surface area (Å²) in [5, 5.41) is 8.54. The van der Waals surface area contributed by atoms with Gasteiger partial charge in [0.1, 0.15) is 23.1 Å². The first-order valence-electron chi connectivity index (χ1n) is 10.8. The lowest BCUT2D eigenvalue weighted by molar-refractivity contribution is -0.137. The van der Waals surface area contributed by atoms with Gasteiger partial charge in [-0.05, 0) is 42.5 Å². The van der Waals surface area contributed by atoms with E-state index in [0.717, 1.165) is 12.1 Å². The molecule has 204 valence electrons. The second-order valence-corrected chi connectivity index (χ2v) is 9.68.